The third-order valence-electron chi connectivity index (χ3n) is 4.30. The van der Waals surface area contributed by atoms with Gasteiger partial charge in [0, 0.05) is 31.9 Å². The van der Waals surface area contributed by atoms with Gasteiger partial charge in [0.05, 0.1) is 4.90 Å². The van der Waals surface area contributed by atoms with E-state index in [1.165, 1.54) is 16.4 Å². The van der Waals surface area contributed by atoms with Gasteiger partial charge in [0.2, 0.25) is 10.0 Å². The van der Waals surface area contributed by atoms with E-state index in [9.17, 15) is 17.6 Å². The van der Waals surface area contributed by atoms with Gasteiger partial charge in [-0.15, -0.1) is 0 Å². The molecule has 0 unspecified atom stereocenters. The Labute approximate surface area is 152 Å². The Kier molecular flexibility index (Phi) is 5.33. The van der Waals surface area contributed by atoms with Crippen LogP contribution in [0.25, 0.3) is 0 Å². The van der Waals surface area contributed by atoms with E-state index in [2.05, 4.69) is 4.98 Å². The van der Waals surface area contributed by atoms with Crippen LogP contribution in [-0.4, -0.2) is 54.7 Å². The van der Waals surface area contributed by atoms with Gasteiger partial charge in [-0.1, -0.05) is 6.07 Å². The molecule has 0 saturated carbocycles. The molecule has 6 nitrogen and oxygen atoms in total. The molecule has 2 heterocycles. The highest BCUT2D eigenvalue weighted by Crippen LogP contribution is 2.18. The Morgan fingerprint density at radius 3 is 2.46 bits per heavy atom. The van der Waals surface area contributed by atoms with Crippen LogP contribution in [0.4, 0.5) is 4.39 Å². The lowest BCUT2D eigenvalue weighted by atomic mass is 10.2. The van der Waals surface area contributed by atoms with Crippen LogP contribution in [0.3, 0.4) is 0 Å². The topological polar surface area (TPSA) is 70.6 Å². The van der Waals surface area contributed by atoms with Gasteiger partial charge in [-0.3, -0.25) is 4.79 Å². The van der Waals surface area contributed by atoms with Crippen molar-refractivity contribution in [1.82, 2.24) is 14.2 Å². The molecule has 0 spiro atoms. The first-order valence-corrected chi connectivity index (χ1v) is 9.80. The number of carbonyl (C=O) groups is 1. The fraction of sp³-hybridized carbons (Fsp3) is 0.333. The number of aryl methyl sites for hydroxylation is 1. The summed E-state index contributed by atoms with van der Waals surface area (Å²) in [6, 6.07) is 10.0. The number of rotatable bonds is 3. The Morgan fingerprint density at radius 1 is 1.04 bits per heavy atom. The minimum absolute atomic E-state index is 0.0547. The zero-order chi connectivity index (χ0) is 18.7. The lowest BCUT2D eigenvalue weighted by Crippen LogP contribution is -2.37. The average Bonchev–Trinajstić information content (AvgIpc) is 2.88. The van der Waals surface area contributed by atoms with Crippen molar-refractivity contribution in [3.63, 3.8) is 0 Å². The summed E-state index contributed by atoms with van der Waals surface area (Å²) in [6.45, 7) is 3.07. The Balaban J connectivity index is 1.73. The molecule has 138 valence electrons. The van der Waals surface area contributed by atoms with Crippen LogP contribution < -0.4 is 0 Å². The van der Waals surface area contributed by atoms with Crippen molar-refractivity contribution >= 4 is 15.9 Å². The van der Waals surface area contributed by atoms with Gasteiger partial charge in [0.1, 0.15) is 11.5 Å². The summed E-state index contributed by atoms with van der Waals surface area (Å²) >= 11 is 0. The van der Waals surface area contributed by atoms with Gasteiger partial charge in [-0.05, 0) is 49.7 Å². The van der Waals surface area contributed by atoms with Crippen LogP contribution in [0.15, 0.2) is 47.4 Å². The second-order valence-electron chi connectivity index (χ2n) is 6.17. The number of pyridine rings is 1. The molecule has 0 atom stereocenters. The highest BCUT2D eigenvalue weighted by molar-refractivity contribution is 7.89. The number of nitrogens with zero attached hydrogens (tertiary/aromatic N) is 3. The SMILES string of the molecule is Cc1cccc(C(=O)N2CCCN(S(=O)(=O)c3ccc(F)cc3)CC2)n1. The first-order valence-electron chi connectivity index (χ1n) is 8.36. The van der Waals surface area contributed by atoms with E-state index in [4.69, 9.17) is 0 Å². The van der Waals surface area contributed by atoms with Gasteiger partial charge >= 0.3 is 0 Å². The number of amides is 1. The van der Waals surface area contributed by atoms with Gasteiger partial charge in [0.15, 0.2) is 0 Å². The van der Waals surface area contributed by atoms with Gasteiger partial charge in [-0.25, -0.2) is 17.8 Å². The van der Waals surface area contributed by atoms with Crippen molar-refractivity contribution in [2.45, 2.75) is 18.2 Å². The molecular formula is C18H20FN3O3S. The zero-order valence-electron chi connectivity index (χ0n) is 14.4. The van der Waals surface area contributed by atoms with Crippen molar-refractivity contribution < 1.29 is 17.6 Å². The normalized spacial score (nSPS) is 16.3. The van der Waals surface area contributed by atoms with Crippen LogP contribution >= 0.6 is 0 Å². The van der Waals surface area contributed by atoms with Crippen LogP contribution in [-0.2, 0) is 10.0 Å². The highest BCUT2D eigenvalue weighted by atomic mass is 32.2. The Hall–Kier alpha value is -2.32. The summed E-state index contributed by atoms with van der Waals surface area (Å²) in [6.07, 6.45) is 0.526. The molecule has 0 aliphatic carbocycles. The van der Waals surface area contributed by atoms with Crippen molar-refractivity contribution in [2.75, 3.05) is 26.2 Å². The predicted molar refractivity (Wildman–Crippen MR) is 94.7 cm³/mol. The van der Waals surface area contributed by atoms with Crippen LogP contribution in [0.5, 0.6) is 0 Å². The lowest BCUT2D eigenvalue weighted by molar-refractivity contribution is 0.0758. The third-order valence-corrected chi connectivity index (χ3v) is 6.21. The molecule has 3 rings (SSSR count). The molecule has 2 aromatic rings. The van der Waals surface area contributed by atoms with Crippen molar-refractivity contribution in [3.8, 4) is 0 Å². The second kappa shape index (κ2) is 7.51. The third kappa shape index (κ3) is 3.91. The van der Waals surface area contributed by atoms with Crippen molar-refractivity contribution in [1.29, 1.82) is 0 Å². The van der Waals surface area contributed by atoms with Gasteiger partial charge < -0.3 is 4.90 Å². The highest BCUT2D eigenvalue weighted by Gasteiger charge is 2.28. The molecule has 1 amide bonds. The molecule has 1 aromatic heterocycles. The number of sulfonamides is 1. The van der Waals surface area contributed by atoms with E-state index >= 15 is 0 Å². The van der Waals surface area contributed by atoms with E-state index in [0.29, 0.717) is 25.2 Å². The molecule has 0 bridgehead atoms. The summed E-state index contributed by atoms with van der Waals surface area (Å²) in [5.41, 5.74) is 1.12. The number of hydrogen-bond donors (Lipinski definition) is 0. The lowest BCUT2D eigenvalue weighted by Gasteiger charge is -2.22. The van der Waals surface area contributed by atoms with E-state index < -0.39 is 15.8 Å². The molecule has 1 aromatic carbocycles. The summed E-state index contributed by atoms with van der Waals surface area (Å²) in [5.74, 6) is -0.683. The maximum atomic E-state index is 13.1. The summed E-state index contributed by atoms with van der Waals surface area (Å²) in [7, 11) is -3.71. The van der Waals surface area contributed by atoms with E-state index in [0.717, 1.165) is 17.8 Å². The number of hydrogen-bond acceptors (Lipinski definition) is 4. The second-order valence-corrected chi connectivity index (χ2v) is 8.11. The smallest absolute Gasteiger partial charge is 0.272 e. The van der Waals surface area contributed by atoms with Crippen molar-refractivity contribution in [3.05, 3.63) is 59.7 Å². The Morgan fingerprint density at radius 2 is 1.77 bits per heavy atom. The molecule has 1 fully saturated rings. The van der Waals surface area contributed by atoms with E-state index in [-0.39, 0.29) is 23.9 Å². The molecule has 1 saturated heterocycles. The summed E-state index contributed by atoms with van der Waals surface area (Å²) < 4.78 is 39.9. The zero-order valence-corrected chi connectivity index (χ0v) is 15.2. The predicted octanol–water partition coefficient (Wildman–Crippen LogP) is 2.07. The quantitative estimate of drug-likeness (QED) is 0.821. The van der Waals surface area contributed by atoms with Gasteiger partial charge in [0.25, 0.3) is 5.91 Å². The fourth-order valence-electron chi connectivity index (χ4n) is 2.92. The molecular weight excluding hydrogens is 357 g/mol. The fourth-order valence-corrected chi connectivity index (χ4v) is 4.39. The minimum atomic E-state index is -3.71. The molecule has 0 N–H and O–H groups in total. The first kappa shape index (κ1) is 18.5. The summed E-state index contributed by atoms with van der Waals surface area (Å²) in [4.78, 5) is 18.5. The number of benzene rings is 1. The number of aromatic nitrogens is 1. The number of halogens is 1. The van der Waals surface area contributed by atoms with Crippen LogP contribution in [0.2, 0.25) is 0 Å². The largest absolute Gasteiger partial charge is 0.336 e. The Bertz CT molecular complexity index is 900. The van der Waals surface area contributed by atoms with E-state index in [1.807, 2.05) is 13.0 Å². The van der Waals surface area contributed by atoms with E-state index in [1.54, 1.807) is 17.0 Å². The summed E-state index contributed by atoms with van der Waals surface area (Å²) in [5, 5.41) is 0. The maximum absolute atomic E-state index is 13.1. The molecule has 0 radical (unpaired) electrons. The van der Waals surface area contributed by atoms with Gasteiger partial charge in [-0.2, -0.15) is 4.31 Å². The number of carbonyl (C=O) groups excluding carboxylic acids is 1. The molecule has 1 aliphatic heterocycles. The van der Waals surface area contributed by atoms with Crippen LogP contribution in [0, 0.1) is 12.7 Å². The maximum Gasteiger partial charge on any atom is 0.272 e. The molecule has 1 aliphatic rings. The average molecular weight is 377 g/mol. The first-order chi connectivity index (χ1) is 12.4. The van der Waals surface area contributed by atoms with Crippen LogP contribution in [0.1, 0.15) is 22.6 Å². The monoisotopic (exact) mass is 377 g/mol. The molecule has 8 heteroatoms. The minimum Gasteiger partial charge on any atom is -0.336 e. The standard InChI is InChI=1S/C18H20FN3O3S/c1-14-4-2-5-17(20-14)18(23)21-10-3-11-22(13-12-21)26(24,25)16-8-6-15(19)7-9-16/h2,4-9H,3,10-13H2,1H3. The van der Waals surface area contributed by atoms with Crippen molar-refractivity contribution in [2.24, 2.45) is 0 Å². The molecule has 26 heavy (non-hydrogen) atoms.